The van der Waals surface area contributed by atoms with Gasteiger partial charge in [-0.25, -0.2) is 4.98 Å². The predicted octanol–water partition coefficient (Wildman–Crippen LogP) is 2.36. The lowest BCUT2D eigenvalue weighted by atomic mass is 10.3. The highest BCUT2D eigenvalue weighted by atomic mass is 79.9. The van der Waals surface area contributed by atoms with Crippen LogP contribution in [0.5, 0.6) is 5.75 Å². The van der Waals surface area contributed by atoms with Crippen molar-refractivity contribution in [2.24, 2.45) is 0 Å². The lowest BCUT2D eigenvalue weighted by Gasteiger charge is -2.05. The van der Waals surface area contributed by atoms with Gasteiger partial charge in [-0.1, -0.05) is 22.0 Å². The van der Waals surface area contributed by atoms with Gasteiger partial charge in [0.2, 0.25) is 0 Å². The van der Waals surface area contributed by atoms with Crippen molar-refractivity contribution in [3.63, 3.8) is 0 Å². The van der Waals surface area contributed by atoms with Crippen LogP contribution < -0.4 is 4.74 Å². The Morgan fingerprint density at radius 1 is 1.50 bits per heavy atom. The largest absolute Gasteiger partial charge is 0.484 e. The molecule has 1 aromatic carbocycles. The maximum atomic E-state index is 11.6. The van der Waals surface area contributed by atoms with Crippen molar-refractivity contribution in [3.05, 3.63) is 47.5 Å². The van der Waals surface area contributed by atoms with Crippen LogP contribution >= 0.6 is 15.9 Å². The average Bonchev–Trinajstić information content (AvgIpc) is 2.79. The molecule has 0 aliphatic heterocycles. The van der Waals surface area contributed by atoms with E-state index in [0.29, 0.717) is 5.75 Å². The third kappa shape index (κ3) is 2.70. The highest BCUT2D eigenvalue weighted by Gasteiger charge is 2.04. The van der Waals surface area contributed by atoms with Crippen LogP contribution in [0.1, 0.15) is 4.79 Å². The number of carbonyl (C=O) groups excluding carboxylic acids is 1. The van der Waals surface area contributed by atoms with E-state index < -0.39 is 0 Å². The van der Waals surface area contributed by atoms with Gasteiger partial charge in [0, 0.05) is 16.9 Å². The smallest absolute Gasteiger partial charge is 0.269 e. The minimum absolute atomic E-state index is 0.00713. The van der Waals surface area contributed by atoms with Crippen LogP contribution in [0.2, 0.25) is 0 Å². The maximum Gasteiger partial charge on any atom is 0.269 e. The topological polar surface area (TPSA) is 44.1 Å². The first kappa shape index (κ1) is 10.9. The van der Waals surface area contributed by atoms with E-state index in [1.54, 1.807) is 24.5 Å². The SMILES string of the molecule is O=C(COc1cccc(Br)c1)n1ccnc1. The number of ether oxygens (including phenoxy) is 1. The van der Waals surface area contributed by atoms with E-state index in [1.165, 1.54) is 10.9 Å². The summed E-state index contributed by atoms with van der Waals surface area (Å²) in [6.45, 7) is -0.00713. The number of benzene rings is 1. The van der Waals surface area contributed by atoms with E-state index >= 15 is 0 Å². The monoisotopic (exact) mass is 280 g/mol. The summed E-state index contributed by atoms with van der Waals surface area (Å²) in [7, 11) is 0. The fraction of sp³-hybridized carbons (Fsp3) is 0.0909. The molecule has 0 aliphatic rings. The zero-order chi connectivity index (χ0) is 11.4. The highest BCUT2D eigenvalue weighted by Crippen LogP contribution is 2.17. The molecule has 0 saturated heterocycles. The van der Waals surface area contributed by atoms with Gasteiger partial charge in [-0.05, 0) is 18.2 Å². The maximum absolute atomic E-state index is 11.6. The molecule has 1 aromatic heterocycles. The second kappa shape index (κ2) is 4.94. The van der Waals surface area contributed by atoms with Gasteiger partial charge < -0.3 is 4.74 Å². The standard InChI is InChI=1S/C11H9BrN2O2/c12-9-2-1-3-10(6-9)16-7-11(15)14-5-4-13-8-14/h1-6,8H,7H2. The summed E-state index contributed by atoms with van der Waals surface area (Å²) in [5, 5.41) is 0. The summed E-state index contributed by atoms with van der Waals surface area (Å²) in [4.78, 5) is 15.3. The van der Waals surface area contributed by atoms with E-state index in [4.69, 9.17) is 4.74 Å². The van der Waals surface area contributed by atoms with Gasteiger partial charge in [0.1, 0.15) is 12.1 Å². The third-order valence-corrected chi connectivity index (χ3v) is 2.44. The summed E-state index contributed by atoms with van der Waals surface area (Å²) in [6, 6.07) is 7.35. The summed E-state index contributed by atoms with van der Waals surface area (Å²) in [6.07, 6.45) is 4.59. The normalized spacial score (nSPS) is 10.1. The molecule has 0 unspecified atom stereocenters. The molecule has 0 amide bonds. The molecule has 5 heteroatoms. The predicted molar refractivity (Wildman–Crippen MR) is 62.5 cm³/mol. The molecular formula is C11H9BrN2O2. The van der Waals surface area contributed by atoms with Gasteiger partial charge in [0.25, 0.3) is 5.91 Å². The van der Waals surface area contributed by atoms with Crippen molar-refractivity contribution in [2.75, 3.05) is 6.61 Å². The first-order valence-electron chi connectivity index (χ1n) is 4.65. The third-order valence-electron chi connectivity index (χ3n) is 1.95. The molecule has 1 heterocycles. The molecular weight excluding hydrogens is 272 g/mol. The molecule has 0 atom stereocenters. The highest BCUT2D eigenvalue weighted by molar-refractivity contribution is 9.10. The fourth-order valence-corrected chi connectivity index (χ4v) is 1.56. The summed E-state index contributed by atoms with van der Waals surface area (Å²) in [5.74, 6) is 0.500. The van der Waals surface area contributed by atoms with Gasteiger partial charge in [0.05, 0.1) is 0 Å². The Morgan fingerprint density at radius 2 is 2.38 bits per heavy atom. The number of nitrogens with zero attached hydrogens (tertiary/aromatic N) is 2. The first-order chi connectivity index (χ1) is 7.75. The van der Waals surface area contributed by atoms with Gasteiger partial charge >= 0.3 is 0 Å². The number of aromatic nitrogens is 2. The van der Waals surface area contributed by atoms with Crippen LogP contribution in [0.4, 0.5) is 0 Å². The van der Waals surface area contributed by atoms with Crippen molar-refractivity contribution in [2.45, 2.75) is 0 Å². The zero-order valence-electron chi connectivity index (χ0n) is 8.34. The van der Waals surface area contributed by atoms with Gasteiger partial charge in [-0.3, -0.25) is 9.36 Å². The van der Waals surface area contributed by atoms with Gasteiger partial charge in [-0.15, -0.1) is 0 Å². The van der Waals surface area contributed by atoms with Gasteiger partial charge in [0.15, 0.2) is 6.61 Å². The molecule has 16 heavy (non-hydrogen) atoms. The molecule has 0 saturated carbocycles. The van der Waals surface area contributed by atoms with Crippen molar-refractivity contribution in [1.82, 2.24) is 9.55 Å². The fourth-order valence-electron chi connectivity index (χ4n) is 1.18. The van der Waals surface area contributed by atoms with Crippen LogP contribution in [-0.4, -0.2) is 22.1 Å². The van der Waals surface area contributed by atoms with Gasteiger partial charge in [-0.2, -0.15) is 0 Å². The quantitative estimate of drug-likeness (QED) is 0.867. The molecule has 0 aliphatic carbocycles. The van der Waals surface area contributed by atoms with E-state index in [0.717, 1.165) is 4.47 Å². The number of carbonyl (C=O) groups is 1. The number of rotatable bonds is 3. The Kier molecular flexibility index (Phi) is 3.36. The van der Waals surface area contributed by atoms with E-state index in [2.05, 4.69) is 20.9 Å². The van der Waals surface area contributed by atoms with E-state index in [-0.39, 0.29) is 12.5 Å². The molecule has 4 nitrogen and oxygen atoms in total. The minimum Gasteiger partial charge on any atom is -0.484 e. The van der Waals surface area contributed by atoms with Crippen molar-refractivity contribution < 1.29 is 9.53 Å². The molecule has 0 fully saturated rings. The van der Waals surface area contributed by atoms with Crippen LogP contribution in [0.25, 0.3) is 0 Å². The lowest BCUT2D eigenvalue weighted by molar-refractivity contribution is 0.0837. The molecule has 0 bridgehead atoms. The van der Waals surface area contributed by atoms with E-state index in [9.17, 15) is 4.79 Å². The molecule has 2 aromatic rings. The molecule has 82 valence electrons. The Balaban J connectivity index is 1.95. The molecule has 2 rings (SSSR count). The molecule has 0 radical (unpaired) electrons. The Hall–Kier alpha value is -1.62. The zero-order valence-corrected chi connectivity index (χ0v) is 9.92. The van der Waals surface area contributed by atoms with Crippen LogP contribution in [0.3, 0.4) is 0 Å². The minimum atomic E-state index is -0.155. The molecule has 0 N–H and O–H groups in total. The number of hydrogen-bond donors (Lipinski definition) is 0. The Morgan fingerprint density at radius 3 is 3.06 bits per heavy atom. The van der Waals surface area contributed by atoms with Crippen LogP contribution in [0.15, 0.2) is 47.5 Å². The van der Waals surface area contributed by atoms with Crippen molar-refractivity contribution in [1.29, 1.82) is 0 Å². The van der Waals surface area contributed by atoms with Crippen molar-refractivity contribution >= 4 is 21.8 Å². The molecule has 0 spiro atoms. The van der Waals surface area contributed by atoms with Crippen molar-refractivity contribution in [3.8, 4) is 5.75 Å². The van der Waals surface area contributed by atoms with Crippen LogP contribution in [0, 0.1) is 0 Å². The number of imidazole rings is 1. The lowest BCUT2D eigenvalue weighted by Crippen LogP contribution is -2.17. The average molecular weight is 281 g/mol. The summed E-state index contributed by atoms with van der Waals surface area (Å²) >= 11 is 3.33. The Labute approximate surface area is 101 Å². The number of halogens is 1. The van der Waals surface area contributed by atoms with E-state index in [1.807, 2.05) is 12.1 Å². The summed E-state index contributed by atoms with van der Waals surface area (Å²) < 4.78 is 7.65. The Bertz CT molecular complexity index is 482. The van der Waals surface area contributed by atoms with Crippen LogP contribution in [-0.2, 0) is 0 Å². The number of hydrogen-bond acceptors (Lipinski definition) is 3. The second-order valence-corrected chi connectivity index (χ2v) is 4.03. The second-order valence-electron chi connectivity index (χ2n) is 3.11. The summed E-state index contributed by atoms with van der Waals surface area (Å²) in [5.41, 5.74) is 0. The first-order valence-corrected chi connectivity index (χ1v) is 5.44.